The fourth-order valence-electron chi connectivity index (χ4n) is 3.33. The summed E-state index contributed by atoms with van der Waals surface area (Å²) >= 11 is 1.57. The van der Waals surface area contributed by atoms with Crippen LogP contribution in [0.3, 0.4) is 0 Å². The summed E-state index contributed by atoms with van der Waals surface area (Å²) in [6.07, 6.45) is 32.0. The number of anilines is 1. The first-order valence-electron chi connectivity index (χ1n) is 14.7. The van der Waals surface area contributed by atoms with Crippen LogP contribution in [0.2, 0.25) is 0 Å². The number of rotatable bonds is 23. The molecule has 0 spiro atoms. The molecule has 0 aliphatic rings. The van der Waals surface area contributed by atoms with Gasteiger partial charge < -0.3 is 20.5 Å². The van der Waals surface area contributed by atoms with Crippen LogP contribution >= 0.6 is 33.3 Å². The lowest BCUT2D eigenvalue weighted by atomic mass is 10.2. The number of hydrogen-bond donors (Lipinski definition) is 3. The van der Waals surface area contributed by atoms with E-state index in [0.29, 0.717) is 23.7 Å². The molecular formula is C34H46N2O5S3. The lowest BCUT2D eigenvalue weighted by Gasteiger charge is -2.08. The lowest BCUT2D eigenvalue weighted by molar-refractivity contribution is -0.118. The van der Waals surface area contributed by atoms with Crippen LogP contribution in [0.25, 0.3) is 0 Å². The second-order valence-electron chi connectivity index (χ2n) is 9.14. The normalized spacial score (nSPS) is 12.0. The van der Waals surface area contributed by atoms with Crippen molar-refractivity contribution >= 4 is 56.8 Å². The number of carbonyl (C=O) groups is 3. The Balaban J connectivity index is 1.99. The van der Waals surface area contributed by atoms with Crippen molar-refractivity contribution in [3.05, 3.63) is 96.7 Å². The van der Waals surface area contributed by atoms with Gasteiger partial charge in [0.05, 0.1) is 18.6 Å². The van der Waals surface area contributed by atoms with E-state index in [2.05, 4.69) is 95.2 Å². The average Bonchev–Trinajstić information content (AvgIpc) is 3.02. The Kier molecular flexibility index (Phi) is 24.3. The quantitative estimate of drug-likeness (QED) is 0.0357. The summed E-state index contributed by atoms with van der Waals surface area (Å²) in [5, 5.41) is 15.3. The number of phenols is 1. The number of ether oxygens (including phenoxy) is 1. The van der Waals surface area contributed by atoms with Crippen LogP contribution in [-0.4, -0.2) is 59.6 Å². The zero-order valence-corrected chi connectivity index (χ0v) is 28.2. The van der Waals surface area contributed by atoms with Crippen LogP contribution < -0.4 is 10.6 Å². The van der Waals surface area contributed by atoms with E-state index in [-0.39, 0.29) is 28.9 Å². The molecule has 0 aromatic heterocycles. The second-order valence-corrected chi connectivity index (χ2v) is 12.7. The van der Waals surface area contributed by atoms with Crippen molar-refractivity contribution in [1.29, 1.82) is 0 Å². The van der Waals surface area contributed by atoms with Crippen LogP contribution in [0.4, 0.5) is 5.69 Å². The van der Waals surface area contributed by atoms with Gasteiger partial charge in [0, 0.05) is 23.7 Å². The maximum atomic E-state index is 12.1. The molecule has 0 bridgehead atoms. The third kappa shape index (κ3) is 21.6. The van der Waals surface area contributed by atoms with Crippen molar-refractivity contribution in [3.8, 4) is 5.75 Å². The molecule has 7 nitrogen and oxygen atoms in total. The van der Waals surface area contributed by atoms with Crippen LogP contribution in [-0.2, 0) is 14.3 Å². The van der Waals surface area contributed by atoms with Gasteiger partial charge in [0.25, 0.3) is 0 Å². The van der Waals surface area contributed by atoms with E-state index in [4.69, 9.17) is 0 Å². The van der Waals surface area contributed by atoms with Gasteiger partial charge in [0.2, 0.25) is 11.8 Å². The first kappa shape index (κ1) is 38.9. The van der Waals surface area contributed by atoms with E-state index >= 15 is 0 Å². The molecule has 10 heteroatoms. The van der Waals surface area contributed by atoms with Crippen molar-refractivity contribution in [3.63, 3.8) is 0 Å². The number of thioether (sulfide) groups is 1. The van der Waals surface area contributed by atoms with E-state index in [0.717, 1.165) is 44.3 Å². The molecule has 240 valence electrons. The number of hydrogen-bond acceptors (Lipinski definition) is 8. The molecule has 0 radical (unpaired) electrons. The number of esters is 1. The molecule has 2 amide bonds. The molecule has 0 fully saturated rings. The fourth-order valence-corrected chi connectivity index (χ4v) is 5.75. The van der Waals surface area contributed by atoms with Gasteiger partial charge in [0.1, 0.15) is 11.3 Å². The molecule has 0 unspecified atom stereocenters. The van der Waals surface area contributed by atoms with E-state index < -0.39 is 5.97 Å². The predicted octanol–water partition coefficient (Wildman–Crippen LogP) is 8.05. The van der Waals surface area contributed by atoms with Crippen LogP contribution in [0.5, 0.6) is 5.75 Å². The Morgan fingerprint density at radius 3 is 1.91 bits per heavy atom. The molecule has 44 heavy (non-hydrogen) atoms. The topological polar surface area (TPSA) is 105 Å². The summed E-state index contributed by atoms with van der Waals surface area (Å²) in [5.41, 5.74) is 0.381. The van der Waals surface area contributed by atoms with Gasteiger partial charge in [0.15, 0.2) is 0 Å². The second kappa shape index (κ2) is 27.5. The third-order valence-corrected chi connectivity index (χ3v) is 8.68. The molecule has 3 N–H and O–H groups in total. The van der Waals surface area contributed by atoms with E-state index in [1.165, 1.54) is 46.9 Å². The number of amides is 2. The molecular weight excluding hydrogens is 613 g/mol. The Bertz CT molecular complexity index is 1160. The van der Waals surface area contributed by atoms with Crippen molar-refractivity contribution in [2.45, 2.75) is 45.4 Å². The minimum atomic E-state index is -0.683. The first-order valence-corrected chi connectivity index (χ1v) is 18.3. The monoisotopic (exact) mass is 658 g/mol. The van der Waals surface area contributed by atoms with Gasteiger partial charge in [-0.3, -0.25) is 9.59 Å². The summed E-state index contributed by atoms with van der Waals surface area (Å²) in [7, 11) is 4.09. The number of methoxy groups -OCH3 is 1. The third-order valence-electron chi connectivity index (χ3n) is 5.51. The van der Waals surface area contributed by atoms with Gasteiger partial charge >= 0.3 is 5.97 Å². The first-order chi connectivity index (χ1) is 21.5. The van der Waals surface area contributed by atoms with Crippen molar-refractivity contribution in [2.24, 2.45) is 0 Å². The number of carbonyl (C=O) groups excluding carboxylic acids is 3. The molecule has 0 saturated carbocycles. The highest BCUT2D eigenvalue weighted by Crippen LogP contribution is 2.24. The van der Waals surface area contributed by atoms with E-state index in [1.807, 2.05) is 0 Å². The van der Waals surface area contributed by atoms with E-state index in [1.54, 1.807) is 11.8 Å². The highest BCUT2D eigenvalue weighted by molar-refractivity contribution is 8.76. The van der Waals surface area contributed by atoms with Crippen molar-refractivity contribution in [1.82, 2.24) is 5.32 Å². The zero-order valence-electron chi connectivity index (χ0n) is 25.7. The van der Waals surface area contributed by atoms with Crippen LogP contribution in [0, 0.1) is 0 Å². The highest BCUT2D eigenvalue weighted by atomic mass is 33.1. The predicted molar refractivity (Wildman–Crippen MR) is 192 cm³/mol. The Labute approximate surface area is 275 Å². The van der Waals surface area contributed by atoms with Crippen LogP contribution in [0.15, 0.2) is 91.1 Å². The molecule has 0 atom stereocenters. The summed E-state index contributed by atoms with van der Waals surface area (Å²) in [6.45, 7) is 2.67. The average molecular weight is 659 g/mol. The molecule has 1 rings (SSSR count). The summed E-state index contributed by atoms with van der Waals surface area (Å²) in [5.74, 6) is 0.942. The standard InChI is InChI=1S/C34H46N2O5S3/c1-3-4-5-6-7-8-9-10-11-12-13-14-15-16-17-18-19-20-24-42-27-32(38)35-23-25-43-44-28-33(39)36-29-21-22-31(37)30(26-29)34(40)41-2/h4-5,7-8,10-11,13-14,16-17,19-22,26,37H,3,6,9,12,15,18,23-25,27-28H2,1-2H3,(H,35,38)(H,36,39). The maximum absolute atomic E-state index is 12.1. The molecule has 0 aliphatic carbocycles. The lowest BCUT2D eigenvalue weighted by Crippen LogP contribution is -2.27. The van der Waals surface area contributed by atoms with Gasteiger partial charge in [-0.15, -0.1) is 11.8 Å². The number of nitrogens with one attached hydrogen (secondary N) is 2. The highest BCUT2D eigenvalue weighted by Gasteiger charge is 2.13. The maximum Gasteiger partial charge on any atom is 0.341 e. The van der Waals surface area contributed by atoms with Crippen molar-refractivity contribution < 1.29 is 24.2 Å². The van der Waals surface area contributed by atoms with Gasteiger partial charge in [-0.05, 0) is 56.7 Å². The minimum Gasteiger partial charge on any atom is -0.507 e. The number of benzene rings is 1. The number of allylic oxidation sites excluding steroid dienone is 11. The fraction of sp³-hybridized carbons (Fsp3) is 0.382. The van der Waals surface area contributed by atoms with Gasteiger partial charge in [-0.25, -0.2) is 4.79 Å². The smallest absolute Gasteiger partial charge is 0.341 e. The van der Waals surface area contributed by atoms with E-state index in [9.17, 15) is 19.5 Å². The van der Waals surface area contributed by atoms with Gasteiger partial charge in [-0.2, -0.15) is 0 Å². The molecule has 0 heterocycles. The minimum absolute atomic E-state index is 0.00156. The molecule has 1 aromatic carbocycles. The zero-order chi connectivity index (χ0) is 32.1. The SMILES string of the molecule is CCC=CCC=CCC=CCC=CCC=CCC=CCSCC(=O)NCCSSCC(=O)Nc1ccc(O)c(C(=O)OC)c1. The van der Waals surface area contributed by atoms with Crippen molar-refractivity contribution in [2.75, 3.05) is 42.0 Å². The molecule has 0 aliphatic heterocycles. The summed E-state index contributed by atoms with van der Waals surface area (Å²) in [6, 6.07) is 4.20. The summed E-state index contributed by atoms with van der Waals surface area (Å²) < 4.78 is 4.61. The summed E-state index contributed by atoms with van der Waals surface area (Å²) in [4.78, 5) is 35.8. The van der Waals surface area contributed by atoms with Crippen LogP contribution in [0.1, 0.15) is 55.8 Å². The Morgan fingerprint density at radius 1 is 0.773 bits per heavy atom. The molecule has 1 aromatic rings. The molecule has 0 saturated heterocycles. The Hall–Kier alpha value is -3.08. The number of phenolic OH excluding ortho intramolecular Hbond substituents is 1. The van der Waals surface area contributed by atoms with Gasteiger partial charge in [-0.1, -0.05) is 101 Å². The largest absolute Gasteiger partial charge is 0.507 e. The number of aromatic hydroxyl groups is 1. The Morgan fingerprint density at radius 2 is 1.34 bits per heavy atom.